The summed E-state index contributed by atoms with van der Waals surface area (Å²) in [7, 11) is 0. The SMILES string of the molecule is CCCN(CC(=O)Nc1cc(C(C)(C)C)nn1-c1cccc(C)c1)C(=O)/C=C/c1ccccc1. The Morgan fingerprint density at radius 3 is 2.44 bits per heavy atom. The molecule has 0 unspecified atom stereocenters. The first kappa shape index (κ1) is 25.0. The fourth-order valence-electron chi connectivity index (χ4n) is 3.52. The lowest BCUT2D eigenvalue weighted by Crippen LogP contribution is -2.37. The number of benzene rings is 2. The highest BCUT2D eigenvalue weighted by Crippen LogP contribution is 2.26. The van der Waals surface area contributed by atoms with Crippen LogP contribution in [0, 0.1) is 6.92 Å². The number of carbonyl (C=O) groups excluding carboxylic acids is 2. The Morgan fingerprint density at radius 1 is 1.06 bits per heavy atom. The average Bonchev–Trinajstić information content (AvgIpc) is 3.22. The Bertz CT molecular complexity index is 1160. The zero-order valence-corrected chi connectivity index (χ0v) is 20.7. The molecule has 0 spiro atoms. The van der Waals surface area contributed by atoms with E-state index in [9.17, 15) is 9.59 Å². The third kappa shape index (κ3) is 6.67. The summed E-state index contributed by atoms with van der Waals surface area (Å²) in [5.41, 5.74) is 3.61. The van der Waals surface area contributed by atoms with Gasteiger partial charge in [-0.3, -0.25) is 9.59 Å². The van der Waals surface area contributed by atoms with E-state index in [1.54, 1.807) is 15.7 Å². The summed E-state index contributed by atoms with van der Waals surface area (Å²) < 4.78 is 1.76. The van der Waals surface area contributed by atoms with E-state index in [1.165, 1.54) is 6.08 Å². The number of anilines is 1. The van der Waals surface area contributed by atoms with E-state index in [2.05, 4.69) is 26.1 Å². The van der Waals surface area contributed by atoms with Crippen LogP contribution in [0.25, 0.3) is 11.8 Å². The van der Waals surface area contributed by atoms with Gasteiger partial charge in [-0.25, -0.2) is 4.68 Å². The molecule has 1 N–H and O–H groups in total. The van der Waals surface area contributed by atoms with Crippen molar-refractivity contribution in [1.82, 2.24) is 14.7 Å². The summed E-state index contributed by atoms with van der Waals surface area (Å²) in [6, 6.07) is 19.5. The molecule has 2 aromatic carbocycles. The minimum Gasteiger partial charge on any atom is -0.330 e. The van der Waals surface area contributed by atoms with Gasteiger partial charge in [-0.1, -0.05) is 70.2 Å². The van der Waals surface area contributed by atoms with Crippen LogP contribution in [0.1, 0.15) is 50.9 Å². The van der Waals surface area contributed by atoms with Crippen LogP contribution in [0.2, 0.25) is 0 Å². The molecular weight excluding hydrogens is 424 g/mol. The van der Waals surface area contributed by atoms with Crippen LogP contribution in [0.4, 0.5) is 5.82 Å². The zero-order valence-electron chi connectivity index (χ0n) is 20.7. The molecule has 0 saturated carbocycles. The highest BCUT2D eigenvalue weighted by Gasteiger charge is 2.22. The largest absolute Gasteiger partial charge is 0.330 e. The second kappa shape index (κ2) is 11.0. The van der Waals surface area contributed by atoms with E-state index in [4.69, 9.17) is 5.10 Å². The monoisotopic (exact) mass is 458 g/mol. The Morgan fingerprint density at radius 2 is 1.79 bits per heavy atom. The lowest BCUT2D eigenvalue weighted by molar-refractivity contribution is -0.130. The molecule has 0 aliphatic heterocycles. The standard InChI is InChI=1S/C28H34N4O2/c1-6-17-31(27(34)16-15-22-12-8-7-9-13-22)20-26(33)29-25-19-24(28(3,4)5)30-32(25)23-14-10-11-21(2)18-23/h7-16,18-19H,6,17,20H2,1-5H3,(H,29,33)/b16-15+. The fraction of sp³-hybridized carbons (Fsp3) is 0.321. The van der Waals surface area contributed by atoms with Crippen LogP contribution < -0.4 is 5.32 Å². The van der Waals surface area contributed by atoms with Crippen LogP contribution in [0.3, 0.4) is 0 Å². The van der Waals surface area contributed by atoms with Crippen LogP contribution in [0.5, 0.6) is 0 Å². The molecule has 2 amide bonds. The maximum atomic E-state index is 13.0. The van der Waals surface area contributed by atoms with E-state index in [1.807, 2.05) is 74.5 Å². The van der Waals surface area contributed by atoms with Gasteiger partial charge in [0, 0.05) is 24.1 Å². The Labute approximate surface area is 202 Å². The normalized spacial score (nSPS) is 11.6. The van der Waals surface area contributed by atoms with Crippen LogP contribution in [-0.4, -0.2) is 39.6 Å². The molecule has 3 rings (SSSR count). The maximum Gasteiger partial charge on any atom is 0.247 e. The van der Waals surface area contributed by atoms with Crippen molar-refractivity contribution in [3.05, 3.63) is 83.6 Å². The predicted octanol–water partition coefficient (Wildman–Crippen LogP) is 5.37. The molecule has 34 heavy (non-hydrogen) atoms. The molecule has 0 saturated heterocycles. The molecule has 6 nitrogen and oxygen atoms in total. The molecule has 1 aromatic heterocycles. The molecule has 0 aliphatic carbocycles. The lowest BCUT2D eigenvalue weighted by atomic mass is 9.92. The van der Waals surface area contributed by atoms with Gasteiger partial charge in [0.1, 0.15) is 12.4 Å². The second-order valence-corrected chi connectivity index (χ2v) is 9.47. The van der Waals surface area contributed by atoms with E-state index < -0.39 is 0 Å². The minimum atomic E-state index is -0.260. The van der Waals surface area contributed by atoms with Crippen LogP contribution >= 0.6 is 0 Å². The number of aryl methyl sites for hydroxylation is 1. The summed E-state index contributed by atoms with van der Waals surface area (Å²) in [4.78, 5) is 27.4. The number of hydrogen-bond acceptors (Lipinski definition) is 3. The molecule has 0 radical (unpaired) electrons. The fourth-order valence-corrected chi connectivity index (χ4v) is 3.52. The van der Waals surface area contributed by atoms with Gasteiger partial charge in [-0.15, -0.1) is 0 Å². The van der Waals surface area contributed by atoms with Gasteiger partial charge in [-0.05, 0) is 42.7 Å². The van der Waals surface area contributed by atoms with Crippen molar-refractivity contribution in [2.24, 2.45) is 0 Å². The quantitative estimate of drug-likeness (QED) is 0.462. The Hall–Kier alpha value is -3.67. The third-order valence-corrected chi connectivity index (χ3v) is 5.35. The number of nitrogens with zero attached hydrogens (tertiary/aromatic N) is 3. The van der Waals surface area contributed by atoms with Gasteiger partial charge in [0.2, 0.25) is 11.8 Å². The first-order chi connectivity index (χ1) is 16.2. The molecule has 0 bridgehead atoms. The highest BCUT2D eigenvalue weighted by molar-refractivity contribution is 5.97. The summed E-state index contributed by atoms with van der Waals surface area (Å²) in [5, 5.41) is 7.75. The molecule has 178 valence electrons. The van der Waals surface area contributed by atoms with Crippen LogP contribution in [0.15, 0.2) is 66.7 Å². The van der Waals surface area contributed by atoms with E-state index >= 15 is 0 Å². The molecule has 0 aliphatic rings. The maximum absolute atomic E-state index is 13.0. The molecule has 6 heteroatoms. The molecule has 3 aromatic rings. The van der Waals surface area contributed by atoms with E-state index in [-0.39, 0.29) is 23.8 Å². The van der Waals surface area contributed by atoms with Crippen molar-refractivity contribution in [2.45, 2.75) is 46.5 Å². The van der Waals surface area contributed by atoms with Crippen molar-refractivity contribution < 1.29 is 9.59 Å². The van der Waals surface area contributed by atoms with Crippen molar-refractivity contribution in [2.75, 3.05) is 18.4 Å². The first-order valence-electron chi connectivity index (χ1n) is 11.7. The summed E-state index contributed by atoms with van der Waals surface area (Å²) in [6.07, 6.45) is 4.05. The number of aromatic nitrogens is 2. The summed E-state index contributed by atoms with van der Waals surface area (Å²) in [6.45, 7) is 10.7. The van der Waals surface area contributed by atoms with E-state index in [0.717, 1.165) is 28.9 Å². The smallest absolute Gasteiger partial charge is 0.247 e. The van der Waals surface area contributed by atoms with E-state index in [0.29, 0.717) is 12.4 Å². The molecule has 0 atom stereocenters. The van der Waals surface area contributed by atoms with Crippen molar-refractivity contribution in [3.63, 3.8) is 0 Å². The summed E-state index contributed by atoms with van der Waals surface area (Å²) >= 11 is 0. The van der Waals surface area contributed by atoms with Crippen LogP contribution in [-0.2, 0) is 15.0 Å². The summed E-state index contributed by atoms with van der Waals surface area (Å²) in [5.74, 6) is 0.136. The van der Waals surface area contributed by atoms with Gasteiger partial charge in [0.05, 0.1) is 11.4 Å². The number of amides is 2. The van der Waals surface area contributed by atoms with Gasteiger partial charge in [-0.2, -0.15) is 5.10 Å². The molecule has 1 heterocycles. The van der Waals surface area contributed by atoms with Crippen molar-refractivity contribution in [1.29, 1.82) is 0 Å². The topological polar surface area (TPSA) is 67.2 Å². The average molecular weight is 459 g/mol. The zero-order chi connectivity index (χ0) is 24.7. The van der Waals surface area contributed by atoms with Gasteiger partial charge < -0.3 is 10.2 Å². The van der Waals surface area contributed by atoms with Crippen molar-refractivity contribution >= 4 is 23.7 Å². The molecule has 0 fully saturated rings. The third-order valence-electron chi connectivity index (χ3n) is 5.35. The number of hydrogen-bond donors (Lipinski definition) is 1. The first-order valence-corrected chi connectivity index (χ1v) is 11.7. The van der Waals surface area contributed by atoms with Gasteiger partial charge >= 0.3 is 0 Å². The minimum absolute atomic E-state index is 0.0321. The number of nitrogens with one attached hydrogen (secondary N) is 1. The second-order valence-electron chi connectivity index (χ2n) is 9.47. The predicted molar refractivity (Wildman–Crippen MR) is 138 cm³/mol. The lowest BCUT2D eigenvalue weighted by Gasteiger charge is -2.20. The number of rotatable bonds is 8. The van der Waals surface area contributed by atoms with Crippen molar-refractivity contribution in [3.8, 4) is 5.69 Å². The van der Waals surface area contributed by atoms with Gasteiger partial charge in [0.15, 0.2) is 0 Å². The number of carbonyl (C=O) groups is 2. The highest BCUT2D eigenvalue weighted by atomic mass is 16.2. The molecular formula is C28H34N4O2. The van der Waals surface area contributed by atoms with Gasteiger partial charge in [0.25, 0.3) is 0 Å². The Kier molecular flexibility index (Phi) is 8.05. The Balaban J connectivity index is 1.79.